The molecule has 22 heavy (non-hydrogen) atoms. The summed E-state index contributed by atoms with van der Waals surface area (Å²) in [5.41, 5.74) is 2.88. The number of hydrogen-bond acceptors (Lipinski definition) is 3. The van der Waals surface area contributed by atoms with Gasteiger partial charge in [-0.25, -0.2) is 8.42 Å². The van der Waals surface area contributed by atoms with Crippen LogP contribution in [-0.2, 0) is 15.4 Å². The van der Waals surface area contributed by atoms with E-state index in [0.29, 0.717) is 6.54 Å². The van der Waals surface area contributed by atoms with Gasteiger partial charge in [-0.3, -0.25) is 4.31 Å². The van der Waals surface area contributed by atoms with Crippen LogP contribution in [0.1, 0.15) is 25.8 Å². The van der Waals surface area contributed by atoms with E-state index in [4.69, 9.17) is 11.6 Å². The Hall–Kier alpha value is -1.04. The minimum atomic E-state index is -3.27. The van der Waals surface area contributed by atoms with Crippen LogP contribution in [0.25, 0.3) is 10.4 Å². The molecule has 0 bridgehead atoms. The van der Waals surface area contributed by atoms with Gasteiger partial charge in [-0.05, 0) is 41.2 Å². The third-order valence-corrected chi connectivity index (χ3v) is 6.61. The van der Waals surface area contributed by atoms with Crippen LogP contribution >= 0.6 is 22.9 Å². The van der Waals surface area contributed by atoms with E-state index in [1.807, 2.05) is 24.3 Å². The molecule has 0 atom stereocenters. The maximum absolute atomic E-state index is 12.1. The number of fused-ring (bicyclic) bond motifs is 1. The highest BCUT2D eigenvalue weighted by Crippen LogP contribution is 2.47. The molecule has 0 spiro atoms. The highest BCUT2D eigenvalue weighted by atomic mass is 35.5. The lowest BCUT2D eigenvalue weighted by Gasteiger charge is -2.40. The first-order valence-electron chi connectivity index (χ1n) is 7.07. The molecule has 118 valence electrons. The SMILES string of the molecule is CC1(C)CCN(S(C)(=O)=O)c2cccc(-c3ccc(Cl)s3)c21. The van der Waals surface area contributed by atoms with Crippen LogP contribution in [0.2, 0.25) is 4.34 Å². The molecule has 0 unspecified atom stereocenters. The van der Waals surface area contributed by atoms with E-state index in [9.17, 15) is 8.42 Å². The van der Waals surface area contributed by atoms with Gasteiger partial charge in [0, 0.05) is 11.4 Å². The van der Waals surface area contributed by atoms with Crippen molar-refractivity contribution < 1.29 is 8.42 Å². The average molecular weight is 356 g/mol. The van der Waals surface area contributed by atoms with Crippen molar-refractivity contribution in [3.05, 3.63) is 40.2 Å². The molecule has 3 rings (SSSR count). The average Bonchev–Trinajstić information content (AvgIpc) is 2.83. The van der Waals surface area contributed by atoms with E-state index in [0.717, 1.165) is 32.4 Å². The summed E-state index contributed by atoms with van der Waals surface area (Å²) >= 11 is 7.60. The highest BCUT2D eigenvalue weighted by Gasteiger charge is 2.36. The zero-order valence-electron chi connectivity index (χ0n) is 12.8. The Kier molecular flexibility index (Phi) is 3.78. The maximum atomic E-state index is 12.1. The second-order valence-corrected chi connectivity index (χ2v) is 9.89. The quantitative estimate of drug-likeness (QED) is 0.794. The van der Waals surface area contributed by atoms with Gasteiger partial charge in [0.25, 0.3) is 0 Å². The molecule has 2 aromatic rings. The Morgan fingerprint density at radius 1 is 1.23 bits per heavy atom. The third-order valence-electron chi connectivity index (χ3n) is 4.17. The monoisotopic (exact) mass is 355 g/mol. The lowest BCUT2D eigenvalue weighted by molar-refractivity contribution is 0.469. The second-order valence-electron chi connectivity index (χ2n) is 6.27. The molecule has 1 aromatic heterocycles. The first-order valence-corrected chi connectivity index (χ1v) is 10.1. The van der Waals surface area contributed by atoms with E-state index in [-0.39, 0.29) is 5.41 Å². The summed E-state index contributed by atoms with van der Waals surface area (Å²) in [4.78, 5) is 1.07. The molecule has 0 amide bonds. The van der Waals surface area contributed by atoms with Crippen LogP contribution < -0.4 is 4.31 Å². The number of nitrogens with zero attached hydrogens (tertiary/aromatic N) is 1. The Labute approximate surface area is 140 Å². The van der Waals surface area contributed by atoms with Crippen molar-refractivity contribution in [3.8, 4) is 10.4 Å². The van der Waals surface area contributed by atoms with Crippen molar-refractivity contribution in [2.24, 2.45) is 0 Å². The summed E-state index contributed by atoms with van der Waals surface area (Å²) in [5.74, 6) is 0. The van der Waals surface area contributed by atoms with Gasteiger partial charge in [-0.15, -0.1) is 11.3 Å². The zero-order chi connectivity index (χ0) is 16.1. The molecule has 1 aromatic carbocycles. The minimum Gasteiger partial charge on any atom is -0.270 e. The molecule has 0 saturated carbocycles. The number of rotatable bonds is 2. The van der Waals surface area contributed by atoms with Gasteiger partial charge in [-0.2, -0.15) is 0 Å². The molecule has 0 N–H and O–H groups in total. The molecular weight excluding hydrogens is 338 g/mol. The van der Waals surface area contributed by atoms with E-state index >= 15 is 0 Å². The topological polar surface area (TPSA) is 37.4 Å². The maximum Gasteiger partial charge on any atom is 0.232 e. The largest absolute Gasteiger partial charge is 0.270 e. The first kappa shape index (κ1) is 15.8. The molecule has 0 radical (unpaired) electrons. The second kappa shape index (κ2) is 5.25. The number of sulfonamides is 1. The number of benzene rings is 1. The summed E-state index contributed by atoms with van der Waals surface area (Å²) in [6, 6.07) is 9.75. The third kappa shape index (κ3) is 2.66. The highest BCUT2D eigenvalue weighted by molar-refractivity contribution is 7.92. The molecule has 2 heterocycles. The van der Waals surface area contributed by atoms with Crippen molar-refractivity contribution >= 4 is 38.6 Å². The van der Waals surface area contributed by atoms with Crippen LogP contribution in [0.5, 0.6) is 0 Å². The van der Waals surface area contributed by atoms with Crippen molar-refractivity contribution in [1.82, 2.24) is 0 Å². The number of anilines is 1. The van der Waals surface area contributed by atoms with Gasteiger partial charge in [0.2, 0.25) is 10.0 Å². The summed E-state index contributed by atoms with van der Waals surface area (Å²) in [7, 11) is -3.27. The lowest BCUT2D eigenvalue weighted by Crippen LogP contribution is -2.40. The summed E-state index contributed by atoms with van der Waals surface area (Å²) in [6.45, 7) is 4.86. The van der Waals surface area contributed by atoms with Crippen LogP contribution in [0.15, 0.2) is 30.3 Å². The summed E-state index contributed by atoms with van der Waals surface area (Å²) < 4.78 is 26.5. The fourth-order valence-corrected chi connectivity index (χ4v) is 5.10. The molecule has 0 fully saturated rings. The molecule has 0 saturated heterocycles. The van der Waals surface area contributed by atoms with E-state index in [2.05, 4.69) is 19.9 Å². The molecule has 3 nitrogen and oxygen atoms in total. The fourth-order valence-electron chi connectivity index (χ4n) is 3.09. The molecule has 1 aliphatic rings. The van der Waals surface area contributed by atoms with Crippen molar-refractivity contribution in [1.29, 1.82) is 0 Å². The van der Waals surface area contributed by atoms with Crippen LogP contribution in [0, 0.1) is 0 Å². The normalized spacial score (nSPS) is 17.4. The Morgan fingerprint density at radius 2 is 1.95 bits per heavy atom. The van der Waals surface area contributed by atoms with Crippen LogP contribution in [0.4, 0.5) is 5.69 Å². The summed E-state index contributed by atoms with van der Waals surface area (Å²) in [6.07, 6.45) is 2.06. The van der Waals surface area contributed by atoms with E-state index < -0.39 is 10.0 Å². The Balaban J connectivity index is 2.28. The molecule has 6 heteroatoms. The van der Waals surface area contributed by atoms with Crippen LogP contribution in [0.3, 0.4) is 0 Å². The van der Waals surface area contributed by atoms with Crippen molar-refractivity contribution in [3.63, 3.8) is 0 Å². The zero-order valence-corrected chi connectivity index (χ0v) is 15.1. The van der Waals surface area contributed by atoms with Gasteiger partial charge in [0.1, 0.15) is 0 Å². The van der Waals surface area contributed by atoms with Gasteiger partial charge in [-0.1, -0.05) is 37.6 Å². The van der Waals surface area contributed by atoms with E-state index in [1.54, 1.807) is 0 Å². The molecule has 1 aliphatic heterocycles. The predicted molar refractivity (Wildman–Crippen MR) is 94.6 cm³/mol. The first-order chi connectivity index (χ1) is 10.2. The molecule has 0 aliphatic carbocycles. The van der Waals surface area contributed by atoms with Gasteiger partial charge >= 0.3 is 0 Å². The van der Waals surface area contributed by atoms with Gasteiger partial charge < -0.3 is 0 Å². The Morgan fingerprint density at radius 3 is 2.55 bits per heavy atom. The number of halogens is 1. The van der Waals surface area contributed by atoms with Gasteiger partial charge in [0.15, 0.2) is 0 Å². The fraction of sp³-hybridized carbons (Fsp3) is 0.375. The number of hydrogen-bond donors (Lipinski definition) is 0. The number of thiophene rings is 1. The van der Waals surface area contributed by atoms with Crippen molar-refractivity contribution in [2.75, 3.05) is 17.1 Å². The lowest BCUT2D eigenvalue weighted by atomic mass is 9.75. The minimum absolute atomic E-state index is 0.0798. The smallest absolute Gasteiger partial charge is 0.232 e. The van der Waals surface area contributed by atoms with Crippen LogP contribution in [-0.4, -0.2) is 21.2 Å². The standard InChI is InChI=1S/C16H18ClNO2S2/c1-16(2)9-10-18(22(3,19)20)12-6-4-5-11(15(12)16)13-7-8-14(17)21-13/h4-8H,9-10H2,1-3H3. The molecular formula is C16H18ClNO2S2. The Bertz CT molecular complexity index is 824. The van der Waals surface area contributed by atoms with Gasteiger partial charge in [0.05, 0.1) is 16.3 Å². The van der Waals surface area contributed by atoms with E-state index in [1.165, 1.54) is 21.9 Å². The van der Waals surface area contributed by atoms with Crippen molar-refractivity contribution in [2.45, 2.75) is 25.7 Å². The predicted octanol–water partition coefficient (Wildman–Crippen LogP) is 4.52. The summed E-state index contributed by atoms with van der Waals surface area (Å²) in [5, 5.41) is 0.